The summed E-state index contributed by atoms with van der Waals surface area (Å²) in [7, 11) is -3.27. The second kappa shape index (κ2) is 6.63. The lowest BCUT2D eigenvalue weighted by Crippen LogP contribution is -2.44. The molecule has 2 aromatic rings. The summed E-state index contributed by atoms with van der Waals surface area (Å²) < 4.78 is 25.3. The largest absolute Gasteiger partial charge is 0.337 e. The van der Waals surface area contributed by atoms with E-state index in [4.69, 9.17) is 0 Å². The Hall–Kier alpha value is -1.86. The van der Waals surface area contributed by atoms with Gasteiger partial charge in [-0.2, -0.15) is 0 Å². The minimum Gasteiger partial charge on any atom is -0.337 e. The fourth-order valence-electron chi connectivity index (χ4n) is 4.02. The Morgan fingerprint density at radius 2 is 2.00 bits per heavy atom. The van der Waals surface area contributed by atoms with Crippen molar-refractivity contribution < 1.29 is 13.2 Å². The van der Waals surface area contributed by atoms with Gasteiger partial charge in [0.2, 0.25) is 0 Å². The number of carbonyl (C=O) groups is 1. The first-order valence-corrected chi connectivity index (χ1v) is 11.7. The number of thiophene rings is 1. The Balaban J connectivity index is 1.43. The van der Waals surface area contributed by atoms with Gasteiger partial charge < -0.3 is 10.6 Å². The average Bonchev–Trinajstić information content (AvgIpc) is 3.23. The van der Waals surface area contributed by atoms with Crippen LogP contribution < -0.4 is 10.6 Å². The number of hydrogen-bond donors (Lipinski definition) is 2. The monoisotopic (exact) mass is 404 g/mol. The number of carbonyl (C=O) groups excluding carboxylic acids is 1. The van der Waals surface area contributed by atoms with Crippen LogP contribution in [0.4, 0.5) is 4.79 Å². The highest BCUT2D eigenvalue weighted by Crippen LogP contribution is 2.48. The lowest BCUT2D eigenvalue weighted by atomic mass is 9.92. The van der Waals surface area contributed by atoms with Crippen LogP contribution in [0.25, 0.3) is 0 Å². The first-order valence-electron chi connectivity index (χ1n) is 9.25. The molecule has 2 heterocycles. The van der Waals surface area contributed by atoms with E-state index in [9.17, 15) is 13.2 Å². The molecule has 144 valence electrons. The molecule has 1 aliphatic carbocycles. The summed E-state index contributed by atoms with van der Waals surface area (Å²) in [5, 5.41) is 7.30. The lowest BCUT2D eigenvalue weighted by Gasteiger charge is -2.28. The lowest BCUT2D eigenvalue weighted by molar-refractivity contribution is 0.235. The molecule has 5 nitrogen and oxygen atoms in total. The third kappa shape index (κ3) is 3.27. The van der Waals surface area contributed by atoms with Crippen molar-refractivity contribution in [3.05, 3.63) is 52.4 Å². The van der Waals surface area contributed by atoms with E-state index in [1.54, 1.807) is 12.3 Å². The van der Waals surface area contributed by atoms with Crippen molar-refractivity contribution in [3.63, 3.8) is 0 Å². The van der Waals surface area contributed by atoms with E-state index in [-0.39, 0.29) is 17.5 Å². The maximum absolute atomic E-state index is 12.5. The zero-order valence-corrected chi connectivity index (χ0v) is 17.1. The molecule has 4 rings (SSSR count). The number of urea groups is 1. The van der Waals surface area contributed by atoms with Gasteiger partial charge in [0.1, 0.15) is 4.21 Å². The number of aryl methyl sites for hydroxylation is 1. The number of hydrogen-bond acceptors (Lipinski definition) is 4. The Kier molecular flexibility index (Phi) is 4.55. The molecule has 1 aromatic carbocycles. The number of sulfone groups is 1. The molecule has 0 saturated heterocycles. The average molecular weight is 405 g/mol. The Labute approximate surface area is 164 Å². The fraction of sp³-hybridized carbons (Fsp3) is 0.450. The summed E-state index contributed by atoms with van der Waals surface area (Å²) in [5.74, 6) is 0. The minimum atomic E-state index is -3.27. The highest BCUT2D eigenvalue weighted by molar-refractivity contribution is 7.94. The zero-order valence-electron chi connectivity index (χ0n) is 15.5. The first kappa shape index (κ1) is 18.5. The molecule has 2 aliphatic rings. The summed E-state index contributed by atoms with van der Waals surface area (Å²) in [6.07, 6.45) is 2.56. The summed E-state index contributed by atoms with van der Waals surface area (Å²) in [5.41, 5.74) is 3.32. The van der Waals surface area contributed by atoms with Crippen molar-refractivity contribution in [1.82, 2.24) is 10.6 Å². The van der Waals surface area contributed by atoms with Crippen LogP contribution in [0.3, 0.4) is 0 Å². The van der Waals surface area contributed by atoms with Gasteiger partial charge in [-0.15, -0.1) is 11.3 Å². The Bertz CT molecular complexity index is 977. The standard InChI is InChI=1S/C20H24N2O3S2/c1-13-5-3-4-6-16(13)20(8-9-20)12-21-19(23)22-17-11-14(2)27(24,25)18-15(17)7-10-26-18/h3-7,10,14,17H,8-9,11-12H2,1-2H3,(H2,21,22,23)/t14-,17-/m0/s1. The number of nitrogens with one attached hydrogen (secondary N) is 2. The maximum Gasteiger partial charge on any atom is 0.315 e. The van der Waals surface area contributed by atoms with Gasteiger partial charge in [0, 0.05) is 17.5 Å². The normalized spacial score (nSPS) is 24.7. The van der Waals surface area contributed by atoms with Crippen molar-refractivity contribution in [3.8, 4) is 0 Å². The molecule has 1 fully saturated rings. The molecule has 0 radical (unpaired) electrons. The van der Waals surface area contributed by atoms with Gasteiger partial charge in [0.15, 0.2) is 9.84 Å². The number of rotatable bonds is 4. The second-order valence-corrected chi connectivity index (χ2v) is 11.2. The molecule has 0 unspecified atom stereocenters. The van der Waals surface area contributed by atoms with Crippen molar-refractivity contribution in [2.75, 3.05) is 6.54 Å². The molecule has 27 heavy (non-hydrogen) atoms. The molecule has 0 bridgehead atoms. The van der Waals surface area contributed by atoms with Crippen LogP contribution in [0.2, 0.25) is 0 Å². The van der Waals surface area contributed by atoms with Crippen LogP contribution in [0.1, 0.15) is 48.9 Å². The van der Waals surface area contributed by atoms with E-state index in [1.807, 2.05) is 18.2 Å². The van der Waals surface area contributed by atoms with Crippen LogP contribution in [-0.4, -0.2) is 26.2 Å². The Morgan fingerprint density at radius 1 is 1.26 bits per heavy atom. The molecule has 2 atom stereocenters. The van der Waals surface area contributed by atoms with Gasteiger partial charge in [0.05, 0.1) is 11.3 Å². The molecule has 1 aliphatic heterocycles. The number of benzene rings is 1. The predicted octanol–water partition coefficient (Wildman–Crippen LogP) is 3.69. The molecule has 1 saturated carbocycles. The van der Waals surface area contributed by atoms with E-state index >= 15 is 0 Å². The van der Waals surface area contributed by atoms with Crippen LogP contribution >= 0.6 is 11.3 Å². The van der Waals surface area contributed by atoms with Crippen LogP contribution in [0, 0.1) is 6.92 Å². The quantitative estimate of drug-likeness (QED) is 0.816. The molecule has 7 heteroatoms. The van der Waals surface area contributed by atoms with Gasteiger partial charge >= 0.3 is 6.03 Å². The van der Waals surface area contributed by atoms with E-state index in [2.05, 4.69) is 29.7 Å². The van der Waals surface area contributed by atoms with Crippen molar-refractivity contribution in [1.29, 1.82) is 0 Å². The molecule has 2 N–H and O–H groups in total. The second-order valence-electron chi connectivity index (χ2n) is 7.73. The summed E-state index contributed by atoms with van der Waals surface area (Å²) in [4.78, 5) is 12.5. The highest BCUT2D eigenvalue weighted by Gasteiger charge is 2.45. The van der Waals surface area contributed by atoms with Gasteiger partial charge in [-0.05, 0) is 55.7 Å². The summed E-state index contributed by atoms with van der Waals surface area (Å²) >= 11 is 1.23. The third-order valence-electron chi connectivity index (χ3n) is 5.85. The fourth-order valence-corrected chi connectivity index (χ4v) is 7.25. The summed E-state index contributed by atoms with van der Waals surface area (Å²) in [6, 6.07) is 9.65. The number of fused-ring (bicyclic) bond motifs is 1. The van der Waals surface area contributed by atoms with Crippen LogP contribution in [0.15, 0.2) is 39.9 Å². The van der Waals surface area contributed by atoms with Gasteiger partial charge in [-0.1, -0.05) is 24.3 Å². The summed E-state index contributed by atoms with van der Waals surface area (Å²) in [6.45, 7) is 4.42. The molecule has 0 spiro atoms. The van der Waals surface area contributed by atoms with Gasteiger partial charge in [-0.25, -0.2) is 13.2 Å². The van der Waals surface area contributed by atoms with Crippen molar-refractivity contribution in [2.45, 2.75) is 54.0 Å². The van der Waals surface area contributed by atoms with E-state index in [0.29, 0.717) is 22.7 Å². The topological polar surface area (TPSA) is 75.3 Å². The van der Waals surface area contributed by atoms with Crippen LogP contribution in [-0.2, 0) is 15.3 Å². The molecular weight excluding hydrogens is 380 g/mol. The van der Waals surface area contributed by atoms with E-state index < -0.39 is 15.1 Å². The van der Waals surface area contributed by atoms with E-state index in [1.165, 1.54) is 22.5 Å². The minimum absolute atomic E-state index is 0.0411. The Morgan fingerprint density at radius 3 is 2.70 bits per heavy atom. The third-order valence-corrected chi connectivity index (χ3v) is 9.56. The molecular formula is C20H24N2O3S2. The van der Waals surface area contributed by atoms with Gasteiger partial charge in [-0.3, -0.25) is 0 Å². The molecule has 1 aromatic heterocycles. The smallest absolute Gasteiger partial charge is 0.315 e. The van der Waals surface area contributed by atoms with E-state index in [0.717, 1.165) is 12.8 Å². The zero-order chi connectivity index (χ0) is 19.2. The van der Waals surface area contributed by atoms with Crippen molar-refractivity contribution in [2.24, 2.45) is 0 Å². The molecule has 2 amide bonds. The highest BCUT2D eigenvalue weighted by atomic mass is 32.2. The number of amides is 2. The van der Waals surface area contributed by atoms with Crippen molar-refractivity contribution >= 4 is 27.2 Å². The SMILES string of the molecule is Cc1ccccc1C1(CNC(=O)N[C@H]2C[C@H](C)S(=O)(=O)c3sccc32)CC1. The predicted molar refractivity (Wildman–Crippen MR) is 107 cm³/mol. The maximum atomic E-state index is 12.5. The first-order chi connectivity index (χ1) is 12.8. The van der Waals surface area contributed by atoms with Gasteiger partial charge in [0.25, 0.3) is 0 Å². The van der Waals surface area contributed by atoms with Crippen LogP contribution in [0.5, 0.6) is 0 Å².